The van der Waals surface area contributed by atoms with Gasteiger partial charge in [-0.05, 0) is 42.0 Å². The molecule has 26 heavy (non-hydrogen) atoms. The Kier molecular flexibility index (Phi) is 5.73. The van der Waals surface area contributed by atoms with Crippen molar-refractivity contribution in [3.05, 3.63) is 63.9 Å². The molecule has 0 N–H and O–H groups in total. The van der Waals surface area contributed by atoms with E-state index in [4.69, 9.17) is 5.26 Å². The zero-order chi connectivity index (χ0) is 18.7. The summed E-state index contributed by atoms with van der Waals surface area (Å²) < 4.78 is 40.8. The maximum absolute atomic E-state index is 13.2. The Morgan fingerprint density at radius 1 is 1.08 bits per heavy atom. The van der Waals surface area contributed by atoms with Gasteiger partial charge in [0, 0.05) is 37.2 Å². The molecule has 0 unspecified atom stereocenters. The van der Waals surface area contributed by atoms with Crippen LogP contribution < -0.4 is 0 Å². The second-order valence-corrected chi connectivity index (χ2v) is 8.84. The molecule has 0 saturated carbocycles. The van der Waals surface area contributed by atoms with Gasteiger partial charge in [-0.15, -0.1) is 0 Å². The molecule has 1 aliphatic rings. The zero-order valence-corrected chi connectivity index (χ0v) is 16.3. The van der Waals surface area contributed by atoms with Crippen LogP contribution in [0.3, 0.4) is 0 Å². The molecule has 1 heterocycles. The maximum Gasteiger partial charge on any atom is 0.243 e. The van der Waals surface area contributed by atoms with Gasteiger partial charge in [-0.25, -0.2) is 12.8 Å². The van der Waals surface area contributed by atoms with Gasteiger partial charge in [0.15, 0.2) is 0 Å². The number of nitrogens with zero attached hydrogens (tertiary/aromatic N) is 3. The average molecular weight is 438 g/mol. The molecule has 5 nitrogen and oxygen atoms in total. The molecule has 3 rings (SSSR count). The van der Waals surface area contributed by atoms with Crippen molar-refractivity contribution in [3.8, 4) is 6.07 Å². The molecule has 1 fully saturated rings. The number of sulfonamides is 1. The van der Waals surface area contributed by atoms with Crippen molar-refractivity contribution < 1.29 is 12.8 Å². The van der Waals surface area contributed by atoms with Gasteiger partial charge in [0.05, 0.1) is 16.5 Å². The Labute approximate surface area is 160 Å². The molecule has 0 spiro atoms. The summed E-state index contributed by atoms with van der Waals surface area (Å²) in [5, 5.41) is 8.83. The first-order valence-corrected chi connectivity index (χ1v) is 10.3. The number of hydrogen-bond acceptors (Lipinski definition) is 4. The lowest BCUT2D eigenvalue weighted by atomic mass is 10.2. The Morgan fingerprint density at radius 3 is 2.31 bits per heavy atom. The maximum atomic E-state index is 13.2. The summed E-state index contributed by atoms with van der Waals surface area (Å²) in [6, 6.07) is 12.5. The van der Waals surface area contributed by atoms with Gasteiger partial charge < -0.3 is 0 Å². The molecular weight excluding hydrogens is 421 g/mol. The predicted molar refractivity (Wildman–Crippen MR) is 99.3 cm³/mol. The fraction of sp³-hybridized carbons (Fsp3) is 0.278. The van der Waals surface area contributed by atoms with Crippen LogP contribution in [0.1, 0.15) is 11.1 Å². The van der Waals surface area contributed by atoms with Crippen molar-refractivity contribution in [2.75, 3.05) is 26.2 Å². The minimum atomic E-state index is -3.56. The van der Waals surface area contributed by atoms with Crippen molar-refractivity contribution in [1.82, 2.24) is 9.21 Å². The van der Waals surface area contributed by atoms with Crippen LogP contribution in [-0.4, -0.2) is 43.8 Å². The van der Waals surface area contributed by atoms with Gasteiger partial charge in [-0.1, -0.05) is 22.0 Å². The monoisotopic (exact) mass is 437 g/mol. The van der Waals surface area contributed by atoms with E-state index in [2.05, 4.69) is 20.8 Å². The highest BCUT2D eigenvalue weighted by molar-refractivity contribution is 9.10. The molecular formula is C18H17BrFN3O2S. The summed E-state index contributed by atoms with van der Waals surface area (Å²) in [7, 11) is -3.56. The summed E-state index contributed by atoms with van der Waals surface area (Å²) in [6.07, 6.45) is 0. The second kappa shape index (κ2) is 7.84. The lowest BCUT2D eigenvalue weighted by Crippen LogP contribution is -2.48. The molecule has 0 amide bonds. The molecule has 0 aromatic heterocycles. The minimum absolute atomic E-state index is 0.200. The third kappa shape index (κ3) is 4.13. The quantitative estimate of drug-likeness (QED) is 0.737. The number of rotatable bonds is 4. The smallest absolute Gasteiger partial charge is 0.243 e. The van der Waals surface area contributed by atoms with E-state index in [0.29, 0.717) is 42.8 Å². The molecule has 2 aromatic carbocycles. The molecule has 136 valence electrons. The fourth-order valence-corrected chi connectivity index (χ4v) is 4.77. The Morgan fingerprint density at radius 2 is 1.73 bits per heavy atom. The van der Waals surface area contributed by atoms with Crippen LogP contribution in [0.2, 0.25) is 0 Å². The summed E-state index contributed by atoms with van der Waals surface area (Å²) in [4.78, 5) is 2.34. The van der Waals surface area contributed by atoms with Gasteiger partial charge in [-0.2, -0.15) is 9.57 Å². The molecule has 0 aliphatic carbocycles. The third-order valence-electron chi connectivity index (χ3n) is 4.36. The molecule has 0 radical (unpaired) electrons. The summed E-state index contributed by atoms with van der Waals surface area (Å²) in [5.41, 5.74) is 1.40. The van der Waals surface area contributed by atoms with Crippen molar-refractivity contribution in [1.29, 1.82) is 5.26 Å². The van der Waals surface area contributed by atoms with Gasteiger partial charge in [0.1, 0.15) is 5.82 Å². The Hall–Kier alpha value is -1.79. The molecule has 0 bridgehead atoms. The first-order chi connectivity index (χ1) is 12.4. The van der Waals surface area contributed by atoms with E-state index in [0.717, 1.165) is 5.56 Å². The van der Waals surface area contributed by atoms with E-state index in [1.807, 2.05) is 6.07 Å². The number of piperazine rings is 1. The molecule has 0 atom stereocenters. The van der Waals surface area contributed by atoms with Crippen LogP contribution in [-0.2, 0) is 16.6 Å². The van der Waals surface area contributed by atoms with Crippen LogP contribution in [0.4, 0.5) is 4.39 Å². The standard InChI is InChI=1S/C18H17BrFN3O2S/c19-18-11-16(20)4-3-15(18)13-22-7-9-23(10-8-22)26(24,25)17-5-1-14(12-21)2-6-17/h1-6,11H,7-10,13H2. The van der Waals surface area contributed by atoms with E-state index in [9.17, 15) is 12.8 Å². The van der Waals surface area contributed by atoms with Crippen LogP contribution in [0.15, 0.2) is 51.8 Å². The van der Waals surface area contributed by atoms with E-state index in [-0.39, 0.29) is 10.7 Å². The minimum Gasteiger partial charge on any atom is -0.296 e. The number of benzene rings is 2. The number of nitriles is 1. The van der Waals surface area contributed by atoms with Gasteiger partial charge in [-0.3, -0.25) is 4.90 Å². The van der Waals surface area contributed by atoms with E-state index in [1.165, 1.54) is 40.7 Å². The van der Waals surface area contributed by atoms with E-state index < -0.39 is 10.0 Å². The highest BCUT2D eigenvalue weighted by Crippen LogP contribution is 2.22. The third-order valence-corrected chi connectivity index (χ3v) is 7.01. The molecule has 8 heteroatoms. The van der Waals surface area contributed by atoms with Gasteiger partial charge in [0.25, 0.3) is 0 Å². The van der Waals surface area contributed by atoms with Crippen LogP contribution in [0.5, 0.6) is 0 Å². The number of halogens is 2. The highest BCUT2D eigenvalue weighted by Gasteiger charge is 2.28. The first-order valence-electron chi connectivity index (χ1n) is 8.07. The topological polar surface area (TPSA) is 64.4 Å². The van der Waals surface area contributed by atoms with Crippen molar-refractivity contribution in [3.63, 3.8) is 0 Å². The fourth-order valence-electron chi connectivity index (χ4n) is 2.87. The SMILES string of the molecule is N#Cc1ccc(S(=O)(=O)N2CCN(Cc3ccc(F)cc3Br)CC2)cc1. The van der Waals surface area contributed by atoms with Crippen LogP contribution in [0, 0.1) is 17.1 Å². The van der Waals surface area contributed by atoms with E-state index in [1.54, 1.807) is 6.07 Å². The van der Waals surface area contributed by atoms with E-state index >= 15 is 0 Å². The summed E-state index contributed by atoms with van der Waals surface area (Å²) >= 11 is 3.36. The van der Waals surface area contributed by atoms with Gasteiger partial charge >= 0.3 is 0 Å². The highest BCUT2D eigenvalue weighted by atomic mass is 79.9. The lowest BCUT2D eigenvalue weighted by molar-refractivity contribution is 0.181. The molecule has 2 aromatic rings. The zero-order valence-electron chi connectivity index (χ0n) is 13.9. The normalized spacial score (nSPS) is 16.3. The Balaban J connectivity index is 1.64. The van der Waals surface area contributed by atoms with Gasteiger partial charge in [0.2, 0.25) is 10.0 Å². The summed E-state index contributed by atoms with van der Waals surface area (Å²) in [6.45, 7) is 2.60. The van der Waals surface area contributed by atoms with Crippen LogP contribution in [0.25, 0.3) is 0 Å². The first kappa shape index (κ1) is 19.0. The lowest BCUT2D eigenvalue weighted by Gasteiger charge is -2.34. The Bertz CT molecular complexity index is 934. The van der Waals surface area contributed by atoms with Crippen molar-refractivity contribution >= 4 is 26.0 Å². The summed E-state index contributed by atoms with van der Waals surface area (Å²) in [5.74, 6) is -0.293. The molecule has 1 saturated heterocycles. The largest absolute Gasteiger partial charge is 0.296 e. The van der Waals surface area contributed by atoms with Crippen LogP contribution >= 0.6 is 15.9 Å². The van der Waals surface area contributed by atoms with Crippen molar-refractivity contribution in [2.45, 2.75) is 11.4 Å². The predicted octanol–water partition coefficient (Wildman–Crippen LogP) is 2.97. The second-order valence-electron chi connectivity index (χ2n) is 6.05. The van der Waals surface area contributed by atoms with Crippen molar-refractivity contribution in [2.24, 2.45) is 0 Å². The molecule has 1 aliphatic heterocycles. The number of hydrogen-bond donors (Lipinski definition) is 0. The average Bonchev–Trinajstić information content (AvgIpc) is 2.64.